The van der Waals surface area contributed by atoms with Crippen molar-refractivity contribution in [3.8, 4) is 0 Å². The zero-order valence-electron chi connectivity index (χ0n) is 11.0. The summed E-state index contributed by atoms with van der Waals surface area (Å²) in [6, 6.07) is 13.2. The lowest BCUT2D eigenvalue weighted by atomic mass is 10.0. The largest absolute Gasteiger partial charge is 0.272 e. The second kappa shape index (κ2) is 4.97. The molecule has 6 heteroatoms. The Morgan fingerprint density at radius 1 is 0.762 bits per heavy atom. The van der Waals surface area contributed by atoms with Gasteiger partial charge in [-0.1, -0.05) is 36.4 Å². The smallest absolute Gasteiger partial charge is 0.258 e. The number of nitrogens with zero attached hydrogens (tertiary/aromatic N) is 2. The van der Waals surface area contributed by atoms with Gasteiger partial charge in [0.15, 0.2) is 0 Å². The Hall–Kier alpha value is -2.76. The number of para-hydroxylation sites is 2. The molecule has 0 bridgehead atoms. The first-order chi connectivity index (χ1) is 10.1. The Labute approximate surface area is 120 Å². The summed E-state index contributed by atoms with van der Waals surface area (Å²) >= 11 is 0. The van der Waals surface area contributed by atoms with E-state index in [1.165, 1.54) is 12.1 Å². The van der Waals surface area contributed by atoms with E-state index < -0.39 is 9.85 Å². The maximum Gasteiger partial charge on any atom is 0.272 e. The van der Waals surface area contributed by atoms with Gasteiger partial charge in [-0.25, -0.2) is 0 Å². The second-order valence-electron chi connectivity index (χ2n) is 5.08. The lowest BCUT2D eigenvalue weighted by molar-refractivity contribution is -0.386. The van der Waals surface area contributed by atoms with Gasteiger partial charge < -0.3 is 0 Å². The molecule has 0 radical (unpaired) electrons. The van der Waals surface area contributed by atoms with Crippen molar-refractivity contribution in [3.63, 3.8) is 0 Å². The third-order valence-electron chi connectivity index (χ3n) is 3.86. The molecule has 2 atom stereocenters. The van der Waals surface area contributed by atoms with Crippen molar-refractivity contribution >= 4 is 11.4 Å². The summed E-state index contributed by atoms with van der Waals surface area (Å²) in [6.45, 7) is 0. The molecule has 0 aliphatic heterocycles. The van der Waals surface area contributed by atoms with Gasteiger partial charge in [-0.15, -0.1) is 0 Å². The van der Waals surface area contributed by atoms with Crippen LogP contribution in [0.3, 0.4) is 0 Å². The lowest BCUT2D eigenvalue weighted by Gasteiger charge is -2.03. The predicted molar refractivity (Wildman–Crippen MR) is 76.3 cm³/mol. The van der Waals surface area contributed by atoms with E-state index in [-0.39, 0.29) is 23.2 Å². The first-order valence-corrected chi connectivity index (χ1v) is 6.56. The highest BCUT2D eigenvalue weighted by Gasteiger charge is 2.45. The summed E-state index contributed by atoms with van der Waals surface area (Å²) in [5.74, 6) is -0.0413. The minimum absolute atomic E-state index is 0.0206. The van der Waals surface area contributed by atoms with Crippen molar-refractivity contribution in [2.75, 3.05) is 0 Å². The molecule has 0 N–H and O–H groups in total. The highest BCUT2D eigenvalue weighted by atomic mass is 16.6. The molecule has 3 rings (SSSR count). The number of hydrogen-bond donors (Lipinski definition) is 0. The molecule has 0 aromatic heterocycles. The number of benzene rings is 2. The highest BCUT2D eigenvalue weighted by Crippen LogP contribution is 2.58. The molecule has 1 saturated carbocycles. The van der Waals surface area contributed by atoms with Crippen LogP contribution in [-0.2, 0) is 0 Å². The molecule has 0 spiro atoms. The van der Waals surface area contributed by atoms with E-state index in [1.807, 2.05) is 0 Å². The van der Waals surface area contributed by atoms with Crippen LogP contribution in [0, 0.1) is 20.2 Å². The van der Waals surface area contributed by atoms with E-state index >= 15 is 0 Å². The van der Waals surface area contributed by atoms with Gasteiger partial charge in [0.05, 0.1) is 9.85 Å². The first-order valence-electron chi connectivity index (χ1n) is 6.56. The molecule has 21 heavy (non-hydrogen) atoms. The zero-order chi connectivity index (χ0) is 15.0. The summed E-state index contributed by atoms with van der Waals surface area (Å²) in [7, 11) is 0. The van der Waals surface area contributed by atoms with Crippen molar-refractivity contribution < 1.29 is 9.85 Å². The van der Waals surface area contributed by atoms with Gasteiger partial charge >= 0.3 is 0 Å². The molecule has 0 amide bonds. The quantitative estimate of drug-likeness (QED) is 0.631. The average Bonchev–Trinajstić information content (AvgIpc) is 3.27. The second-order valence-corrected chi connectivity index (χ2v) is 5.08. The fourth-order valence-corrected chi connectivity index (χ4v) is 2.82. The monoisotopic (exact) mass is 284 g/mol. The molecule has 106 valence electrons. The molecular formula is C15H12N2O4. The molecule has 2 unspecified atom stereocenters. The summed E-state index contributed by atoms with van der Waals surface area (Å²) in [6.07, 6.45) is 0.704. The van der Waals surface area contributed by atoms with Crippen LogP contribution >= 0.6 is 0 Å². The van der Waals surface area contributed by atoms with Gasteiger partial charge in [0.25, 0.3) is 11.4 Å². The van der Waals surface area contributed by atoms with Crippen LogP contribution < -0.4 is 0 Å². The molecule has 1 fully saturated rings. The predicted octanol–water partition coefficient (Wildman–Crippen LogP) is 3.77. The molecule has 6 nitrogen and oxygen atoms in total. The van der Waals surface area contributed by atoms with E-state index in [0.29, 0.717) is 17.5 Å². The topological polar surface area (TPSA) is 86.3 Å². The van der Waals surface area contributed by atoms with Crippen molar-refractivity contribution in [1.82, 2.24) is 0 Å². The molecule has 1 aliphatic rings. The summed E-state index contributed by atoms with van der Waals surface area (Å²) < 4.78 is 0. The number of hydrogen-bond acceptors (Lipinski definition) is 4. The van der Waals surface area contributed by atoms with E-state index in [1.54, 1.807) is 36.4 Å². The van der Waals surface area contributed by atoms with E-state index in [0.717, 1.165) is 0 Å². The maximum atomic E-state index is 11.1. The third-order valence-corrected chi connectivity index (χ3v) is 3.86. The van der Waals surface area contributed by atoms with Crippen molar-refractivity contribution in [3.05, 3.63) is 79.9 Å². The normalized spacial score (nSPS) is 20.0. The van der Waals surface area contributed by atoms with Crippen molar-refractivity contribution in [2.24, 2.45) is 0 Å². The van der Waals surface area contributed by atoms with Crippen LogP contribution in [0.5, 0.6) is 0 Å². The van der Waals surface area contributed by atoms with Gasteiger partial charge in [-0.3, -0.25) is 20.2 Å². The fraction of sp³-hybridized carbons (Fsp3) is 0.200. The summed E-state index contributed by atoms with van der Waals surface area (Å²) in [5, 5.41) is 22.1. The average molecular weight is 284 g/mol. The third kappa shape index (κ3) is 2.35. The van der Waals surface area contributed by atoms with Gasteiger partial charge in [-0.2, -0.15) is 0 Å². The summed E-state index contributed by atoms with van der Waals surface area (Å²) in [4.78, 5) is 21.3. The zero-order valence-corrected chi connectivity index (χ0v) is 11.0. The Balaban J connectivity index is 1.95. The van der Waals surface area contributed by atoms with Crippen LogP contribution in [0.2, 0.25) is 0 Å². The maximum absolute atomic E-state index is 11.1. The Morgan fingerprint density at radius 3 is 1.52 bits per heavy atom. The fourth-order valence-electron chi connectivity index (χ4n) is 2.82. The molecule has 2 aromatic carbocycles. The molecule has 0 saturated heterocycles. The van der Waals surface area contributed by atoms with Crippen molar-refractivity contribution in [2.45, 2.75) is 18.3 Å². The van der Waals surface area contributed by atoms with Crippen molar-refractivity contribution in [1.29, 1.82) is 0 Å². The number of rotatable bonds is 4. The first kappa shape index (κ1) is 13.2. The van der Waals surface area contributed by atoms with Gasteiger partial charge in [0.2, 0.25) is 0 Å². The number of nitro groups is 2. The standard InChI is InChI=1S/C15H12N2O4/c18-16(19)14-7-3-1-5-10(14)12-9-13(12)11-6-2-4-8-15(11)17(20)21/h1-8,12-13H,9H2. The Morgan fingerprint density at radius 2 is 1.14 bits per heavy atom. The van der Waals surface area contributed by atoms with Crippen LogP contribution in [0.25, 0.3) is 0 Å². The van der Waals surface area contributed by atoms with Crippen LogP contribution in [0.4, 0.5) is 11.4 Å². The Kier molecular flexibility index (Phi) is 3.13. The minimum Gasteiger partial charge on any atom is -0.258 e. The molecule has 0 heterocycles. The molecule has 1 aliphatic carbocycles. The van der Waals surface area contributed by atoms with E-state index in [4.69, 9.17) is 0 Å². The summed E-state index contributed by atoms with van der Waals surface area (Å²) in [5.41, 5.74) is 1.49. The van der Waals surface area contributed by atoms with E-state index in [9.17, 15) is 20.2 Å². The van der Waals surface area contributed by atoms with Crippen LogP contribution in [0.1, 0.15) is 29.4 Å². The van der Waals surface area contributed by atoms with Gasteiger partial charge in [0, 0.05) is 23.3 Å². The van der Waals surface area contributed by atoms with Crippen LogP contribution in [-0.4, -0.2) is 9.85 Å². The SMILES string of the molecule is O=[N+]([O-])c1ccccc1C1CC1c1ccccc1[N+](=O)[O-]. The number of nitro benzene ring substituents is 2. The molecular weight excluding hydrogens is 272 g/mol. The van der Waals surface area contributed by atoms with Crippen LogP contribution in [0.15, 0.2) is 48.5 Å². The Bertz CT molecular complexity index is 668. The highest BCUT2D eigenvalue weighted by molar-refractivity contribution is 5.52. The van der Waals surface area contributed by atoms with Gasteiger partial charge in [-0.05, 0) is 18.3 Å². The molecule has 2 aromatic rings. The van der Waals surface area contributed by atoms with E-state index in [2.05, 4.69) is 0 Å². The lowest BCUT2D eigenvalue weighted by Crippen LogP contribution is -1.96. The minimum atomic E-state index is -0.399. The van der Waals surface area contributed by atoms with Gasteiger partial charge in [0.1, 0.15) is 0 Å².